The van der Waals surface area contributed by atoms with E-state index in [1.54, 1.807) is 11.8 Å². The van der Waals surface area contributed by atoms with Crippen molar-refractivity contribution < 1.29 is 14.3 Å². The van der Waals surface area contributed by atoms with Crippen LogP contribution in [0.25, 0.3) is 0 Å². The first-order valence-electron chi connectivity index (χ1n) is 13.3. The summed E-state index contributed by atoms with van der Waals surface area (Å²) in [6.07, 6.45) is 4.19. The highest BCUT2D eigenvalue weighted by atomic mass is 32.2. The van der Waals surface area contributed by atoms with Crippen LogP contribution in [-0.2, 0) is 35.2 Å². The topological polar surface area (TPSA) is 106 Å². The molecule has 3 aromatic rings. The molecular formula is C28H37N7O3S. The second-order valence-electron chi connectivity index (χ2n) is 9.22. The molecule has 0 aliphatic carbocycles. The van der Waals surface area contributed by atoms with Crippen LogP contribution in [0.15, 0.2) is 54.2 Å². The van der Waals surface area contributed by atoms with Gasteiger partial charge in [-0.25, -0.2) is 9.78 Å². The molecule has 1 fully saturated rings. The summed E-state index contributed by atoms with van der Waals surface area (Å²) in [6, 6.07) is 11.9. The number of aryl methyl sites for hydroxylation is 1. The van der Waals surface area contributed by atoms with Crippen molar-refractivity contribution in [2.24, 2.45) is 7.05 Å². The van der Waals surface area contributed by atoms with E-state index < -0.39 is 6.09 Å². The zero-order valence-corrected chi connectivity index (χ0v) is 23.5. The van der Waals surface area contributed by atoms with E-state index in [-0.39, 0.29) is 6.61 Å². The number of hydrogen-bond acceptors (Lipinski definition) is 9. The molecule has 1 aliphatic heterocycles. The molecule has 39 heavy (non-hydrogen) atoms. The summed E-state index contributed by atoms with van der Waals surface area (Å²) in [7, 11) is 2.03. The van der Waals surface area contributed by atoms with Crippen LogP contribution >= 0.6 is 11.8 Å². The van der Waals surface area contributed by atoms with Gasteiger partial charge in [0.05, 0.1) is 18.9 Å². The molecule has 0 bridgehead atoms. The average Bonchev–Trinajstić information content (AvgIpc) is 3.32. The lowest BCUT2D eigenvalue weighted by Crippen LogP contribution is -2.36. The third kappa shape index (κ3) is 8.46. The third-order valence-electron chi connectivity index (χ3n) is 6.25. The SMILES string of the molecule is C=CCOC(=O)Nc1cccc(CNc2cc(N3CCOCC3)cc(CSc3nnc(CCCC)n3C)n2)c1. The van der Waals surface area contributed by atoms with E-state index in [2.05, 4.69) is 55.9 Å². The van der Waals surface area contributed by atoms with Crippen molar-refractivity contribution in [2.75, 3.05) is 48.4 Å². The Kier molecular flexibility index (Phi) is 10.6. The molecule has 208 valence electrons. The maximum atomic E-state index is 11.9. The standard InChI is InChI=1S/C28H37N7O3S/c1-4-6-10-26-32-33-27(34(26)3)39-20-23-17-24(35-11-14-37-15-12-35)18-25(30-23)29-19-21-8-7-9-22(16-21)31-28(36)38-13-5-2/h5,7-9,16-18H,2,4,6,10-15,19-20H2,1,3H3,(H,29,30)(H,31,36). The summed E-state index contributed by atoms with van der Waals surface area (Å²) >= 11 is 1.64. The molecule has 0 unspecified atom stereocenters. The van der Waals surface area contributed by atoms with Crippen molar-refractivity contribution in [1.82, 2.24) is 19.7 Å². The Morgan fingerprint density at radius 3 is 2.87 bits per heavy atom. The highest BCUT2D eigenvalue weighted by molar-refractivity contribution is 7.98. The molecule has 1 aromatic carbocycles. The number of carbonyl (C=O) groups is 1. The Labute approximate surface area is 234 Å². The van der Waals surface area contributed by atoms with E-state index in [1.165, 1.54) is 6.08 Å². The van der Waals surface area contributed by atoms with Crippen LogP contribution in [0.5, 0.6) is 0 Å². The van der Waals surface area contributed by atoms with Crippen molar-refractivity contribution in [3.63, 3.8) is 0 Å². The van der Waals surface area contributed by atoms with Crippen molar-refractivity contribution in [1.29, 1.82) is 0 Å². The molecule has 0 atom stereocenters. The quantitative estimate of drug-likeness (QED) is 0.223. The van der Waals surface area contributed by atoms with Crippen LogP contribution in [-0.4, -0.2) is 58.8 Å². The van der Waals surface area contributed by atoms with Gasteiger partial charge in [0.2, 0.25) is 0 Å². The molecule has 1 saturated heterocycles. The smallest absolute Gasteiger partial charge is 0.411 e. The second-order valence-corrected chi connectivity index (χ2v) is 10.2. The molecule has 11 heteroatoms. The van der Waals surface area contributed by atoms with E-state index in [9.17, 15) is 4.79 Å². The van der Waals surface area contributed by atoms with E-state index >= 15 is 0 Å². The summed E-state index contributed by atoms with van der Waals surface area (Å²) in [5, 5.41) is 15.9. The number of morpholine rings is 1. The second kappa shape index (κ2) is 14.5. The summed E-state index contributed by atoms with van der Waals surface area (Å²) in [5.74, 6) is 2.49. The predicted molar refractivity (Wildman–Crippen MR) is 155 cm³/mol. The van der Waals surface area contributed by atoms with E-state index in [4.69, 9.17) is 14.5 Å². The molecule has 0 radical (unpaired) electrons. The monoisotopic (exact) mass is 551 g/mol. The summed E-state index contributed by atoms with van der Waals surface area (Å²) in [6.45, 7) is 9.56. The largest absolute Gasteiger partial charge is 0.445 e. The van der Waals surface area contributed by atoms with Crippen molar-refractivity contribution in [2.45, 2.75) is 43.6 Å². The number of nitrogens with one attached hydrogen (secondary N) is 2. The molecule has 2 N–H and O–H groups in total. The van der Waals surface area contributed by atoms with Crippen LogP contribution in [0.2, 0.25) is 0 Å². The Balaban J connectivity index is 1.45. The highest BCUT2D eigenvalue weighted by Crippen LogP contribution is 2.26. The Hall–Kier alpha value is -3.57. The third-order valence-corrected chi connectivity index (χ3v) is 7.30. The summed E-state index contributed by atoms with van der Waals surface area (Å²) in [5.41, 5.74) is 3.75. The maximum absolute atomic E-state index is 11.9. The molecular weight excluding hydrogens is 514 g/mol. The molecule has 3 heterocycles. The lowest BCUT2D eigenvalue weighted by molar-refractivity contribution is 0.122. The normalized spacial score (nSPS) is 13.2. The lowest BCUT2D eigenvalue weighted by Gasteiger charge is -2.29. The number of anilines is 3. The lowest BCUT2D eigenvalue weighted by atomic mass is 10.2. The van der Waals surface area contributed by atoms with Crippen LogP contribution in [0.4, 0.5) is 22.0 Å². The Bertz CT molecular complexity index is 1240. The average molecular weight is 552 g/mol. The zero-order valence-electron chi connectivity index (χ0n) is 22.7. The number of rotatable bonds is 13. The van der Waals surface area contributed by atoms with Crippen molar-refractivity contribution in [3.8, 4) is 0 Å². The van der Waals surface area contributed by atoms with Gasteiger partial charge in [-0.2, -0.15) is 0 Å². The number of unbranched alkanes of at least 4 members (excludes halogenated alkanes) is 1. The molecule has 1 amide bonds. The van der Waals surface area contributed by atoms with Crippen LogP contribution < -0.4 is 15.5 Å². The maximum Gasteiger partial charge on any atom is 0.411 e. The minimum Gasteiger partial charge on any atom is -0.445 e. The van der Waals surface area contributed by atoms with Gasteiger partial charge in [-0.05, 0) is 30.2 Å². The molecule has 0 saturated carbocycles. The number of nitrogens with zero attached hydrogens (tertiary/aromatic N) is 5. The predicted octanol–water partition coefficient (Wildman–Crippen LogP) is 5.03. The van der Waals surface area contributed by atoms with Gasteiger partial charge in [-0.15, -0.1) is 10.2 Å². The number of benzene rings is 1. The van der Waals surface area contributed by atoms with Gasteiger partial charge in [0.15, 0.2) is 5.16 Å². The van der Waals surface area contributed by atoms with Gasteiger partial charge in [0.1, 0.15) is 18.2 Å². The Morgan fingerprint density at radius 1 is 1.23 bits per heavy atom. The molecule has 2 aromatic heterocycles. The number of aromatic nitrogens is 4. The van der Waals surface area contributed by atoms with E-state index in [0.29, 0.717) is 31.2 Å². The van der Waals surface area contributed by atoms with Gasteiger partial charge in [-0.1, -0.05) is 49.9 Å². The fourth-order valence-corrected chi connectivity index (χ4v) is 4.96. The number of pyridine rings is 1. The summed E-state index contributed by atoms with van der Waals surface area (Å²) in [4.78, 5) is 19.1. The van der Waals surface area contributed by atoms with Crippen molar-refractivity contribution >= 4 is 35.0 Å². The fraction of sp³-hybridized carbons (Fsp3) is 0.429. The van der Waals surface area contributed by atoms with Gasteiger partial charge in [0.25, 0.3) is 0 Å². The first kappa shape index (κ1) is 28.4. The van der Waals surface area contributed by atoms with E-state index in [1.807, 2.05) is 31.3 Å². The van der Waals surface area contributed by atoms with Crippen molar-refractivity contribution in [3.05, 3.63) is 66.1 Å². The number of ether oxygens (including phenoxy) is 2. The molecule has 10 nitrogen and oxygen atoms in total. The molecule has 4 rings (SSSR count). The van der Waals surface area contributed by atoms with Crippen LogP contribution in [0.3, 0.4) is 0 Å². The minimum atomic E-state index is -0.512. The van der Waals surface area contributed by atoms with Gasteiger partial charge >= 0.3 is 6.09 Å². The molecule has 1 aliphatic rings. The number of hydrogen-bond donors (Lipinski definition) is 2. The minimum absolute atomic E-state index is 0.162. The van der Waals surface area contributed by atoms with Gasteiger partial charge in [-0.3, -0.25) is 5.32 Å². The number of amides is 1. The molecule has 0 spiro atoms. The zero-order chi connectivity index (χ0) is 27.5. The van der Waals surface area contributed by atoms with Crippen LogP contribution in [0.1, 0.15) is 36.8 Å². The number of thioether (sulfide) groups is 1. The first-order valence-corrected chi connectivity index (χ1v) is 14.3. The highest BCUT2D eigenvalue weighted by Gasteiger charge is 2.15. The van der Waals surface area contributed by atoms with Gasteiger partial charge < -0.3 is 24.3 Å². The Morgan fingerprint density at radius 2 is 2.08 bits per heavy atom. The van der Waals surface area contributed by atoms with E-state index in [0.717, 1.165) is 66.1 Å². The first-order chi connectivity index (χ1) is 19.1. The summed E-state index contributed by atoms with van der Waals surface area (Å²) < 4.78 is 12.7. The van der Waals surface area contributed by atoms with Crippen LogP contribution in [0, 0.1) is 0 Å². The van der Waals surface area contributed by atoms with Gasteiger partial charge in [0, 0.05) is 56.3 Å². The number of carbonyl (C=O) groups excluding carboxylic acids is 1. The fourth-order valence-electron chi connectivity index (χ4n) is 4.14.